The van der Waals surface area contributed by atoms with E-state index < -0.39 is 0 Å². The molecule has 0 fully saturated rings. The van der Waals surface area contributed by atoms with Crippen LogP contribution in [0, 0.1) is 0 Å². The molecule has 13 rings (SSSR count). The number of fused-ring (bicyclic) bond motifs is 20. The monoisotopic (exact) mass is 814 g/mol. The maximum atomic E-state index is 5.49. The molecule has 4 nitrogen and oxygen atoms in total. The highest BCUT2D eigenvalue weighted by Crippen LogP contribution is 2.43. The summed E-state index contributed by atoms with van der Waals surface area (Å²) in [4.78, 5) is 18.8. The molecule has 4 heteroatoms. The highest BCUT2D eigenvalue weighted by Gasteiger charge is 2.21. The van der Waals surface area contributed by atoms with Gasteiger partial charge >= 0.3 is 0 Å². The molecule has 0 saturated heterocycles. The molecular formula is C60H38N4. The first-order valence-corrected chi connectivity index (χ1v) is 21.8. The van der Waals surface area contributed by atoms with Gasteiger partial charge in [-0.25, -0.2) is 9.97 Å². The molecule has 0 aliphatic carbocycles. The van der Waals surface area contributed by atoms with Crippen LogP contribution in [0.15, 0.2) is 218 Å². The van der Waals surface area contributed by atoms with Gasteiger partial charge in [0.05, 0.1) is 22.8 Å². The Kier molecular flexibility index (Phi) is 8.18. The second-order valence-corrected chi connectivity index (χ2v) is 16.8. The zero-order chi connectivity index (χ0) is 42.1. The van der Waals surface area contributed by atoms with Gasteiger partial charge in [-0.2, -0.15) is 0 Å². The fraction of sp³-hybridized carbons (Fsp3) is 0. The Morgan fingerprint density at radius 2 is 0.516 bits per heavy atom. The SMILES string of the molecule is c1ccc(-c2ccc3c(c2)-c2cc4[nH]c(cc5nc(cc6[nH]c(cc-3n2)c2cc(-c3ccccc3)ccc62)-c2cc(-c3ccccc3)ccc2-5)c2cc(-c3ccccc3)ccc42)cc1. The highest BCUT2D eigenvalue weighted by molar-refractivity contribution is 6.12. The van der Waals surface area contributed by atoms with E-state index in [1.165, 1.54) is 22.3 Å². The summed E-state index contributed by atoms with van der Waals surface area (Å²) in [5.41, 5.74) is 21.3. The molecule has 11 aromatic rings. The predicted molar refractivity (Wildman–Crippen MR) is 267 cm³/mol. The van der Waals surface area contributed by atoms with Crippen LogP contribution in [-0.2, 0) is 0 Å². The van der Waals surface area contributed by atoms with Crippen molar-refractivity contribution < 1.29 is 0 Å². The van der Waals surface area contributed by atoms with Gasteiger partial charge in [-0.15, -0.1) is 0 Å². The minimum Gasteiger partial charge on any atom is -0.354 e. The molecule has 298 valence electrons. The fourth-order valence-electron chi connectivity index (χ4n) is 9.71. The molecule has 0 atom stereocenters. The van der Waals surface area contributed by atoms with E-state index in [9.17, 15) is 0 Å². The quantitative estimate of drug-likeness (QED) is 0.186. The minimum atomic E-state index is 0.910. The Morgan fingerprint density at radius 1 is 0.219 bits per heavy atom. The molecule has 0 saturated carbocycles. The van der Waals surface area contributed by atoms with E-state index in [0.29, 0.717) is 0 Å². The Balaban J connectivity index is 1.15. The molecular weight excluding hydrogens is 777 g/mol. The summed E-state index contributed by atoms with van der Waals surface area (Å²) in [5.74, 6) is 0. The van der Waals surface area contributed by atoms with Crippen molar-refractivity contribution in [3.05, 3.63) is 218 Å². The molecule has 3 aromatic heterocycles. The van der Waals surface area contributed by atoms with Crippen LogP contribution in [0.5, 0.6) is 0 Å². The summed E-state index contributed by atoms with van der Waals surface area (Å²) in [5, 5.41) is 4.50. The van der Waals surface area contributed by atoms with Crippen molar-refractivity contribution in [1.29, 1.82) is 0 Å². The van der Waals surface area contributed by atoms with E-state index in [0.717, 1.165) is 111 Å². The molecule has 5 heterocycles. The van der Waals surface area contributed by atoms with Gasteiger partial charge in [-0.3, -0.25) is 0 Å². The molecule has 8 aromatic carbocycles. The summed E-state index contributed by atoms with van der Waals surface area (Å²) in [6.07, 6.45) is 0. The summed E-state index contributed by atoms with van der Waals surface area (Å²) in [6, 6.07) is 78.4. The number of nitrogens with one attached hydrogen (secondary N) is 2. The number of aromatic amines is 2. The first-order valence-electron chi connectivity index (χ1n) is 21.8. The van der Waals surface area contributed by atoms with Crippen molar-refractivity contribution in [2.24, 2.45) is 0 Å². The van der Waals surface area contributed by atoms with Gasteiger partial charge in [0.2, 0.25) is 0 Å². The summed E-state index contributed by atoms with van der Waals surface area (Å²) in [6.45, 7) is 0. The van der Waals surface area contributed by atoms with Crippen LogP contribution in [0.3, 0.4) is 0 Å². The lowest BCUT2D eigenvalue weighted by Crippen LogP contribution is -1.82. The van der Waals surface area contributed by atoms with Crippen LogP contribution in [-0.4, -0.2) is 19.9 Å². The standard InChI is InChI=1S/C60H38N4/c1-5-13-37(14-6-1)41-21-25-45-49(29-41)57-33-54-46-26-22-42(38-15-7-2-8-16-38)30-50(46)59(62-54)35-56-48-28-24-44(40-19-11-4-12-20-40)32-52(48)60(64-56)36-55-47-27-23-43(39-17-9-3-10-18-39)31-51(47)58(63-55)34-53(45)61-57/h1-36,61,64H. The fourth-order valence-corrected chi connectivity index (χ4v) is 9.71. The molecule has 0 spiro atoms. The first kappa shape index (κ1) is 36.1. The van der Waals surface area contributed by atoms with Crippen LogP contribution in [0.4, 0.5) is 0 Å². The van der Waals surface area contributed by atoms with Gasteiger partial charge in [-0.05, 0) is 93.0 Å². The Hall–Kier alpha value is -8.60. The van der Waals surface area contributed by atoms with Gasteiger partial charge in [0.1, 0.15) is 0 Å². The molecule has 2 aliphatic rings. The number of H-pyrrole nitrogens is 2. The number of nitrogens with zero attached hydrogens (tertiary/aromatic N) is 2. The third-order valence-electron chi connectivity index (χ3n) is 12.9. The van der Waals surface area contributed by atoms with Crippen LogP contribution in [0.25, 0.3) is 133 Å². The summed E-state index contributed by atoms with van der Waals surface area (Å²) < 4.78 is 0. The topological polar surface area (TPSA) is 57.4 Å². The molecule has 2 N–H and O–H groups in total. The number of rotatable bonds is 4. The molecule has 0 amide bonds. The second kappa shape index (κ2) is 14.5. The van der Waals surface area contributed by atoms with Gasteiger partial charge in [0, 0.05) is 65.9 Å². The minimum absolute atomic E-state index is 0.910. The smallest absolute Gasteiger partial charge is 0.0737 e. The largest absolute Gasteiger partial charge is 0.354 e. The van der Waals surface area contributed by atoms with E-state index in [1.807, 2.05) is 0 Å². The zero-order valence-electron chi connectivity index (χ0n) is 34.7. The maximum Gasteiger partial charge on any atom is 0.0737 e. The number of hydrogen-bond acceptors (Lipinski definition) is 2. The van der Waals surface area contributed by atoms with Crippen molar-refractivity contribution in [3.63, 3.8) is 0 Å². The Labute approximate surface area is 369 Å². The zero-order valence-corrected chi connectivity index (χ0v) is 34.7. The highest BCUT2D eigenvalue weighted by atomic mass is 14.8. The normalized spacial score (nSPS) is 11.8. The van der Waals surface area contributed by atoms with Crippen LogP contribution in [0.2, 0.25) is 0 Å². The molecule has 64 heavy (non-hydrogen) atoms. The third-order valence-corrected chi connectivity index (χ3v) is 12.9. The van der Waals surface area contributed by atoms with E-state index in [4.69, 9.17) is 9.97 Å². The van der Waals surface area contributed by atoms with Crippen LogP contribution >= 0.6 is 0 Å². The number of benzene rings is 8. The molecule has 0 radical (unpaired) electrons. The van der Waals surface area contributed by atoms with Crippen LogP contribution in [0.1, 0.15) is 0 Å². The third kappa shape index (κ3) is 6.07. The predicted octanol–water partition coefficient (Wildman–Crippen LogP) is 16.0. The number of hydrogen-bond donors (Lipinski definition) is 2. The van der Waals surface area contributed by atoms with Crippen molar-refractivity contribution in [2.75, 3.05) is 0 Å². The molecule has 8 bridgehead atoms. The van der Waals surface area contributed by atoms with Gasteiger partial charge < -0.3 is 9.97 Å². The van der Waals surface area contributed by atoms with Gasteiger partial charge in [-0.1, -0.05) is 170 Å². The molecule has 0 unspecified atom stereocenters. The second-order valence-electron chi connectivity index (χ2n) is 16.8. The number of aromatic nitrogens is 4. The Bertz CT molecular complexity index is 3560. The Morgan fingerprint density at radius 3 is 0.875 bits per heavy atom. The maximum absolute atomic E-state index is 5.49. The van der Waals surface area contributed by atoms with Crippen LogP contribution < -0.4 is 0 Å². The van der Waals surface area contributed by atoms with Crippen molar-refractivity contribution in [2.45, 2.75) is 0 Å². The van der Waals surface area contributed by atoms with Gasteiger partial charge in [0.15, 0.2) is 0 Å². The van der Waals surface area contributed by atoms with E-state index >= 15 is 0 Å². The van der Waals surface area contributed by atoms with E-state index in [2.05, 4.69) is 228 Å². The lowest BCUT2D eigenvalue weighted by atomic mass is 9.97. The van der Waals surface area contributed by atoms with Crippen molar-refractivity contribution in [3.8, 4) is 89.5 Å². The summed E-state index contributed by atoms with van der Waals surface area (Å²) in [7, 11) is 0. The van der Waals surface area contributed by atoms with E-state index in [1.54, 1.807) is 0 Å². The lowest BCUT2D eigenvalue weighted by Gasteiger charge is -2.06. The first-order chi connectivity index (χ1) is 31.7. The summed E-state index contributed by atoms with van der Waals surface area (Å²) >= 11 is 0. The van der Waals surface area contributed by atoms with Crippen molar-refractivity contribution in [1.82, 2.24) is 19.9 Å². The molecule has 2 aliphatic heterocycles. The van der Waals surface area contributed by atoms with Gasteiger partial charge in [0.25, 0.3) is 0 Å². The average molecular weight is 815 g/mol. The average Bonchev–Trinajstić information content (AvgIpc) is 4.10. The lowest BCUT2D eigenvalue weighted by molar-refractivity contribution is 1.40. The van der Waals surface area contributed by atoms with Crippen molar-refractivity contribution >= 4 is 43.6 Å². The van der Waals surface area contributed by atoms with E-state index in [-0.39, 0.29) is 0 Å².